The third-order valence-corrected chi connectivity index (χ3v) is 3.73. The number of aryl methyl sites for hydroxylation is 1. The van der Waals surface area contributed by atoms with E-state index in [0.29, 0.717) is 0 Å². The van der Waals surface area contributed by atoms with E-state index in [1.54, 1.807) is 7.11 Å². The molecule has 1 N–H and O–H groups in total. The van der Waals surface area contributed by atoms with Crippen LogP contribution in [0.25, 0.3) is 0 Å². The normalized spacial score (nSPS) is 10.9. The first-order valence-electron chi connectivity index (χ1n) is 7.52. The lowest BCUT2D eigenvalue weighted by atomic mass is 10.2. The molecule has 2 rings (SSSR count). The van der Waals surface area contributed by atoms with Crippen LogP contribution in [0, 0.1) is 13.8 Å². The number of rotatable bonds is 7. The highest BCUT2D eigenvalue weighted by atomic mass is 16.5. The molecule has 2 aromatic rings. The van der Waals surface area contributed by atoms with Gasteiger partial charge in [0.05, 0.1) is 19.3 Å². The molecular weight excluding hydrogens is 262 g/mol. The molecule has 0 saturated heterocycles. The molecule has 21 heavy (non-hydrogen) atoms. The van der Waals surface area contributed by atoms with Crippen LogP contribution in [0.2, 0.25) is 0 Å². The van der Waals surface area contributed by atoms with Crippen LogP contribution < -0.4 is 10.1 Å². The van der Waals surface area contributed by atoms with Gasteiger partial charge in [0, 0.05) is 17.8 Å². The zero-order valence-corrected chi connectivity index (χ0v) is 13.4. The maximum Gasteiger partial charge on any atom is 0.119 e. The first-order valence-corrected chi connectivity index (χ1v) is 7.52. The summed E-state index contributed by atoms with van der Waals surface area (Å²) in [5, 5.41) is 8.13. The van der Waals surface area contributed by atoms with Gasteiger partial charge in [0.1, 0.15) is 5.75 Å². The highest BCUT2D eigenvalue weighted by Gasteiger charge is 2.11. The Morgan fingerprint density at radius 3 is 2.81 bits per heavy atom. The molecule has 0 amide bonds. The van der Waals surface area contributed by atoms with E-state index in [2.05, 4.69) is 48.0 Å². The minimum atomic E-state index is 0.775. The van der Waals surface area contributed by atoms with E-state index in [0.717, 1.165) is 37.5 Å². The van der Waals surface area contributed by atoms with E-state index in [-0.39, 0.29) is 0 Å². The number of nitrogens with zero attached hydrogens (tertiary/aromatic N) is 2. The molecule has 1 aromatic carbocycles. The second-order valence-electron chi connectivity index (χ2n) is 5.34. The summed E-state index contributed by atoms with van der Waals surface area (Å²) in [4.78, 5) is 0. The predicted molar refractivity (Wildman–Crippen MR) is 85.8 cm³/mol. The van der Waals surface area contributed by atoms with Crippen molar-refractivity contribution in [2.45, 2.75) is 40.3 Å². The number of ether oxygens (including phenoxy) is 1. The third kappa shape index (κ3) is 3.85. The Hall–Kier alpha value is -1.81. The van der Waals surface area contributed by atoms with Crippen LogP contribution in [0.1, 0.15) is 35.9 Å². The Kier molecular flexibility index (Phi) is 5.39. The van der Waals surface area contributed by atoms with Crippen LogP contribution in [-0.4, -0.2) is 23.4 Å². The first-order chi connectivity index (χ1) is 10.2. The summed E-state index contributed by atoms with van der Waals surface area (Å²) in [6.07, 6.45) is 1.15. The Labute approximate surface area is 127 Å². The molecule has 0 saturated carbocycles. The van der Waals surface area contributed by atoms with Crippen LogP contribution in [0.5, 0.6) is 5.75 Å². The SMILES string of the molecule is CCCNCc1c(C)nn(Cc2cccc(OC)c2)c1C. The van der Waals surface area contributed by atoms with Gasteiger partial charge >= 0.3 is 0 Å². The van der Waals surface area contributed by atoms with E-state index in [4.69, 9.17) is 4.74 Å². The second kappa shape index (κ2) is 7.27. The molecule has 1 aromatic heterocycles. The van der Waals surface area contributed by atoms with Gasteiger partial charge in [-0.2, -0.15) is 5.10 Å². The van der Waals surface area contributed by atoms with Crippen LogP contribution in [0.3, 0.4) is 0 Å². The number of hydrogen-bond donors (Lipinski definition) is 1. The molecular formula is C17H25N3O. The summed E-state index contributed by atoms with van der Waals surface area (Å²) in [7, 11) is 1.69. The lowest BCUT2D eigenvalue weighted by molar-refractivity contribution is 0.414. The van der Waals surface area contributed by atoms with Crippen molar-refractivity contribution in [1.29, 1.82) is 0 Å². The smallest absolute Gasteiger partial charge is 0.119 e. The number of benzene rings is 1. The molecule has 0 bridgehead atoms. The number of nitrogens with one attached hydrogen (secondary N) is 1. The van der Waals surface area contributed by atoms with Gasteiger partial charge in [-0.05, 0) is 44.5 Å². The number of methoxy groups -OCH3 is 1. The topological polar surface area (TPSA) is 39.1 Å². The minimum absolute atomic E-state index is 0.775. The van der Waals surface area contributed by atoms with E-state index in [1.165, 1.54) is 16.8 Å². The van der Waals surface area contributed by atoms with Crippen LogP contribution in [-0.2, 0) is 13.1 Å². The molecule has 0 atom stereocenters. The molecule has 4 nitrogen and oxygen atoms in total. The molecule has 4 heteroatoms. The standard InChI is InChI=1S/C17H25N3O/c1-5-9-18-11-17-13(2)19-20(14(17)3)12-15-7-6-8-16(10-15)21-4/h6-8,10,18H,5,9,11-12H2,1-4H3. The van der Waals surface area contributed by atoms with E-state index in [1.807, 2.05) is 12.1 Å². The summed E-state index contributed by atoms with van der Waals surface area (Å²) in [6, 6.07) is 8.15. The monoisotopic (exact) mass is 287 g/mol. The Morgan fingerprint density at radius 2 is 2.10 bits per heavy atom. The fraction of sp³-hybridized carbons (Fsp3) is 0.471. The lowest BCUT2D eigenvalue weighted by Gasteiger charge is -2.08. The zero-order chi connectivity index (χ0) is 15.2. The zero-order valence-electron chi connectivity index (χ0n) is 13.4. The van der Waals surface area contributed by atoms with Crippen molar-refractivity contribution in [2.75, 3.05) is 13.7 Å². The van der Waals surface area contributed by atoms with Crippen LogP contribution in [0.15, 0.2) is 24.3 Å². The van der Waals surface area contributed by atoms with Gasteiger partial charge in [0.25, 0.3) is 0 Å². The van der Waals surface area contributed by atoms with Gasteiger partial charge in [0.2, 0.25) is 0 Å². The highest BCUT2D eigenvalue weighted by molar-refractivity contribution is 5.30. The quantitative estimate of drug-likeness (QED) is 0.796. The van der Waals surface area contributed by atoms with Crippen molar-refractivity contribution >= 4 is 0 Å². The van der Waals surface area contributed by atoms with E-state index < -0.39 is 0 Å². The number of hydrogen-bond acceptors (Lipinski definition) is 3. The van der Waals surface area contributed by atoms with E-state index in [9.17, 15) is 0 Å². The molecule has 0 fully saturated rings. The van der Waals surface area contributed by atoms with Crippen molar-refractivity contribution in [2.24, 2.45) is 0 Å². The first kappa shape index (κ1) is 15.6. The maximum atomic E-state index is 5.28. The lowest BCUT2D eigenvalue weighted by Crippen LogP contribution is -2.15. The van der Waals surface area contributed by atoms with Crippen molar-refractivity contribution in [1.82, 2.24) is 15.1 Å². The highest BCUT2D eigenvalue weighted by Crippen LogP contribution is 2.17. The van der Waals surface area contributed by atoms with E-state index >= 15 is 0 Å². The molecule has 114 valence electrons. The van der Waals surface area contributed by atoms with Crippen LogP contribution in [0.4, 0.5) is 0 Å². The van der Waals surface area contributed by atoms with Crippen molar-refractivity contribution in [3.8, 4) is 5.75 Å². The summed E-state index contributed by atoms with van der Waals surface area (Å²) in [5.74, 6) is 0.888. The Balaban J connectivity index is 2.14. The molecule has 1 heterocycles. The molecule has 0 aliphatic rings. The predicted octanol–water partition coefficient (Wildman–Crippen LogP) is 3.06. The Bertz CT molecular complexity index is 590. The largest absolute Gasteiger partial charge is 0.497 e. The fourth-order valence-corrected chi connectivity index (χ4v) is 2.48. The maximum absolute atomic E-state index is 5.28. The molecule has 0 radical (unpaired) electrons. The second-order valence-corrected chi connectivity index (χ2v) is 5.34. The fourth-order valence-electron chi connectivity index (χ4n) is 2.48. The van der Waals surface area contributed by atoms with Gasteiger partial charge in [-0.3, -0.25) is 4.68 Å². The molecule has 0 aliphatic heterocycles. The van der Waals surface area contributed by atoms with Gasteiger partial charge in [-0.25, -0.2) is 0 Å². The van der Waals surface area contributed by atoms with Gasteiger partial charge in [-0.1, -0.05) is 19.1 Å². The number of aromatic nitrogens is 2. The van der Waals surface area contributed by atoms with Gasteiger partial charge in [0.15, 0.2) is 0 Å². The van der Waals surface area contributed by atoms with Crippen molar-refractivity contribution in [3.63, 3.8) is 0 Å². The molecule has 0 aliphatic carbocycles. The average Bonchev–Trinajstić information content (AvgIpc) is 2.75. The molecule has 0 unspecified atom stereocenters. The van der Waals surface area contributed by atoms with Crippen molar-refractivity contribution in [3.05, 3.63) is 46.8 Å². The van der Waals surface area contributed by atoms with Crippen molar-refractivity contribution < 1.29 is 4.74 Å². The minimum Gasteiger partial charge on any atom is -0.497 e. The summed E-state index contributed by atoms with van der Waals surface area (Å²) < 4.78 is 7.35. The van der Waals surface area contributed by atoms with Gasteiger partial charge < -0.3 is 10.1 Å². The molecule has 0 spiro atoms. The van der Waals surface area contributed by atoms with Gasteiger partial charge in [-0.15, -0.1) is 0 Å². The summed E-state index contributed by atoms with van der Waals surface area (Å²) in [6.45, 7) is 9.11. The average molecular weight is 287 g/mol. The Morgan fingerprint density at radius 1 is 1.29 bits per heavy atom. The summed E-state index contributed by atoms with van der Waals surface area (Å²) in [5.41, 5.74) is 4.86. The third-order valence-electron chi connectivity index (χ3n) is 3.73. The van der Waals surface area contributed by atoms with Crippen LogP contribution >= 0.6 is 0 Å². The summed E-state index contributed by atoms with van der Waals surface area (Å²) >= 11 is 0.